The van der Waals surface area contributed by atoms with E-state index < -0.39 is 40.8 Å². The number of hydrogen-bond acceptors (Lipinski definition) is 5. The van der Waals surface area contributed by atoms with Gasteiger partial charge in [-0.25, -0.2) is 9.59 Å². The fourth-order valence-corrected chi connectivity index (χ4v) is 3.93. The van der Waals surface area contributed by atoms with Crippen molar-refractivity contribution in [3.8, 4) is 0 Å². The summed E-state index contributed by atoms with van der Waals surface area (Å²) in [5.74, 6) is -0.984. The van der Waals surface area contributed by atoms with Crippen molar-refractivity contribution in [2.45, 2.75) is 46.5 Å². The molecular weight excluding hydrogens is 439 g/mol. The summed E-state index contributed by atoms with van der Waals surface area (Å²) in [5, 5.41) is 9.13. The summed E-state index contributed by atoms with van der Waals surface area (Å²) in [6.45, 7) is 7.52. The molecule has 11 heteroatoms. The highest BCUT2D eigenvalue weighted by atomic mass is 35.5. The number of amides is 1. The second kappa shape index (κ2) is 9.12. The average Bonchev–Trinajstić information content (AvgIpc) is 2.63. The van der Waals surface area contributed by atoms with Crippen LogP contribution in [0.5, 0.6) is 0 Å². The number of esters is 1. The number of ether oxygens (including phenoxy) is 1. The van der Waals surface area contributed by atoms with Crippen LogP contribution in [0.1, 0.15) is 49.2 Å². The summed E-state index contributed by atoms with van der Waals surface area (Å²) >= 11 is 6.21. The van der Waals surface area contributed by atoms with Crippen LogP contribution in [0.15, 0.2) is 6.07 Å². The van der Waals surface area contributed by atoms with E-state index in [1.807, 2.05) is 20.8 Å². The molecule has 0 radical (unpaired) electrons. The molecule has 0 spiro atoms. The zero-order chi connectivity index (χ0) is 23.7. The highest BCUT2D eigenvalue weighted by Gasteiger charge is 2.40. The lowest BCUT2D eigenvalue weighted by atomic mass is 9.84. The Hall–Kier alpha value is -2.20. The quantitative estimate of drug-likeness (QED) is 0.507. The SMILES string of the molecule is CCOC(=O)c1cc(C(F)(F)F)c(CN2CCN(C(=O)O)C(C(C)(C)C)C2)c(Cl)c1N. The summed E-state index contributed by atoms with van der Waals surface area (Å²) in [4.78, 5) is 26.7. The van der Waals surface area contributed by atoms with E-state index in [4.69, 9.17) is 22.1 Å². The van der Waals surface area contributed by atoms with E-state index >= 15 is 0 Å². The van der Waals surface area contributed by atoms with Crippen molar-refractivity contribution in [2.75, 3.05) is 32.0 Å². The number of anilines is 1. The second-order valence-electron chi connectivity index (χ2n) is 8.49. The molecule has 1 saturated heterocycles. The van der Waals surface area contributed by atoms with E-state index in [-0.39, 0.29) is 49.1 Å². The number of nitrogen functional groups attached to an aromatic ring is 1. The van der Waals surface area contributed by atoms with Crippen molar-refractivity contribution in [3.05, 3.63) is 27.8 Å². The zero-order valence-corrected chi connectivity index (χ0v) is 18.6. The maximum Gasteiger partial charge on any atom is 0.416 e. The molecule has 1 fully saturated rings. The summed E-state index contributed by atoms with van der Waals surface area (Å²) in [5.41, 5.74) is 3.42. The largest absolute Gasteiger partial charge is 0.465 e. The predicted octanol–water partition coefficient (Wildman–Crippen LogP) is 4.33. The lowest BCUT2D eigenvalue weighted by Crippen LogP contribution is -2.59. The summed E-state index contributed by atoms with van der Waals surface area (Å²) in [7, 11) is 0. The first kappa shape index (κ1) is 25.1. The van der Waals surface area contributed by atoms with Gasteiger partial charge in [0.05, 0.1) is 34.5 Å². The third kappa shape index (κ3) is 5.54. The third-order valence-corrected chi connectivity index (χ3v) is 5.73. The van der Waals surface area contributed by atoms with Gasteiger partial charge in [0, 0.05) is 26.2 Å². The van der Waals surface area contributed by atoms with Crippen LogP contribution in [0, 0.1) is 5.41 Å². The molecule has 3 N–H and O–H groups in total. The molecule has 1 atom stereocenters. The monoisotopic (exact) mass is 465 g/mol. The summed E-state index contributed by atoms with van der Waals surface area (Å²) in [6, 6.07) is 0.242. The maximum atomic E-state index is 13.8. The molecule has 2 rings (SSSR count). The molecule has 0 bridgehead atoms. The number of halogens is 4. The Bertz CT molecular complexity index is 856. The molecular formula is C20H27ClF3N3O4. The molecule has 1 aliphatic rings. The number of carbonyl (C=O) groups excluding carboxylic acids is 1. The van der Waals surface area contributed by atoms with Gasteiger partial charge in [-0.15, -0.1) is 0 Å². The van der Waals surface area contributed by atoms with Crippen LogP contribution in [-0.4, -0.2) is 59.3 Å². The molecule has 1 aromatic carbocycles. The minimum Gasteiger partial charge on any atom is -0.465 e. The molecule has 1 amide bonds. The highest BCUT2D eigenvalue weighted by molar-refractivity contribution is 6.34. The van der Waals surface area contributed by atoms with Gasteiger partial charge >= 0.3 is 18.2 Å². The average molecular weight is 466 g/mol. The van der Waals surface area contributed by atoms with Crippen LogP contribution >= 0.6 is 11.6 Å². The van der Waals surface area contributed by atoms with Crippen molar-refractivity contribution in [1.29, 1.82) is 0 Å². The van der Waals surface area contributed by atoms with E-state index in [1.165, 1.54) is 11.8 Å². The van der Waals surface area contributed by atoms with Crippen molar-refractivity contribution >= 4 is 29.4 Å². The van der Waals surface area contributed by atoms with Crippen molar-refractivity contribution in [2.24, 2.45) is 5.41 Å². The maximum absolute atomic E-state index is 13.8. The van der Waals surface area contributed by atoms with Gasteiger partial charge in [0.15, 0.2) is 0 Å². The number of nitrogens with two attached hydrogens (primary N) is 1. The van der Waals surface area contributed by atoms with E-state index in [9.17, 15) is 27.9 Å². The van der Waals surface area contributed by atoms with Crippen LogP contribution in [0.4, 0.5) is 23.7 Å². The Balaban J connectivity index is 2.45. The third-order valence-electron chi connectivity index (χ3n) is 5.30. The van der Waals surface area contributed by atoms with Gasteiger partial charge in [-0.05, 0) is 24.0 Å². The topological polar surface area (TPSA) is 96.1 Å². The van der Waals surface area contributed by atoms with E-state index in [0.29, 0.717) is 6.07 Å². The Labute approximate surface area is 183 Å². The fraction of sp³-hybridized carbons (Fsp3) is 0.600. The minimum absolute atomic E-state index is 0.0267. The first-order valence-electron chi connectivity index (χ1n) is 9.75. The van der Waals surface area contributed by atoms with E-state index in [2.05, 4.69) is 0 Å². The number of carboxylic acid groups (broad SMARTS) is 1. The van der Waals surface area contributed by atoms with Crippen molar-refractivity contribution in [1.82, 2.24) is 9.80 Å². The summed E-state index contributed by atoms with van der Waals surface area (Å²) in [6.07, 6.45) is -5.85. The van der Waals surface area contributed by atoms with Gasteiger partial charge < -0.3 is 20.5 Å². The normalized spacial score (nSPS) is 18.2. The van der Waals surface area contributed by atoms with E-state index in [0.717, 1.165) is 0 Å². The number of piperazine rings is 1. The van der Waals surface area contributed by atoms with Gasteiger partial charge in [0.2, 0.25) is 0 Å². The first-order valence-corrected chi connectivity index (χ1v) is 10.1. The molecule has 174 valence electrons. The van der Waals surface area contributed by atoms with Crippen LogP contribution < -0.4 is 5.73 Å². The molecule has 1 aliphatic heterocycles. The van der Waals surface area contributed by atoms with E-state index in [1.54, 1.807) is 4.90 Å². The Morgan fingerprint density at radius 2 is 1.90 bits per heavy atom. The molecule has 0 saturated carbocycles. The van der Waals surface area contributed by atoms with Gasteiger partial charge in [-0.1, -0.05) is 32.4 Å². The van der Waals surface area contributed by atoms with Gasteiger partial charge in [0.25, 0.3) is 0 Å². The Kier molecular flexibility index (Phi) is 7.37. The molecule has 7 nitrogen and oxygen atoms in total. The fourth-order valence-electron chi connectivity index (χ4n) is 3.67. The molecule has 1 heterocycles. The minimum atomic E-state index is -4.78. The zero-order valence-electron chi connectivity index (χ0n) is 17.8. The van der Waals surface area contributed by atoms with Gasteiger partial charge in [-0.3, -0.25) is 4.90 Å². The molecule has 0 aliphatic carbocycles. The summed E-state index contributed by atoms with van der Waals surface area (Å²) < 4.78 is 46.3. The Morgan fingerprint density at radius 1 is 1.29 bits per heavy atom. The molecule has 31 heavy (non-hydrogen) atoms. The van der Waals surface area contributed by atoms with Crippen LogP contribution in [0.3, 0.4) is 0 Å². The number of alkyl halides is 3. The van der Waals surface area contributed by atoms with Gasteiger partial charge in [-0.2, -0.15) is 13.2 Å². The lowest BCUT2D eigenvalue weighted by Gasteiger charge is -2.46. The van der Waals surface area contributed by atoms with Crippen LogP contribution in [0.2, 0.25) is 5.02 Å². The predicted molar refractivity (Wildman–Crippen MR) is 110 cm³/mol. The molecule has 1 aromatic rings. The van der Waals surface area contributed by atoms with Gasteiger partial charge in [0.1, 0.15) is 0 Å². The van der Waals surface area contributed by atoms with Crippen LogP contribution in [-0.2, 0) is 17.5 Å². The number of nitrogens with zero attached hydrogens (tertiary/aromatic N) is 2. The molecule has 0 aromatic heterocycles. The van der Waals surface area contributed by atoms with Crippen molar-refractivity contribution < 1.29 is 32.6 Å². The lowest BCUT2D eigenvalue weighted by molar-refractivity contribution is -0.138. The molecule has 1 unspecified atom stereocenters. The number of carbonyl (C=O) groups is 2. The second-order valence-corrected chi connectivity index (χ2v) is 8.87. The first-order chi connectivity index (χ1) is 14.2. The Morgan fingerprint density at radius 3 is 2.39 bits per heavy atom. The smallest absolute Gasteiger partial charge is 0.416 e. The standard InChI is InChI=1S/C20H27ClF3N3O4/c1-5-31-17(28)11-8-13(20(22,23)24)12(15(21)16(11)25)9-26-6-7-27(18(29)30)14(10-26)19(2,3)4/h8,14H,5-7,9-10,25H2,1-4H3,(H,29,30). The number of rotatable bonds is 4. The number of hydrogen-bond donors (Lipinski definition) is 2. The number of benzene rings is 1. The van der Waals surface area contributed by atoms with Crippen molar-refractivity contribution in [3.63, 3.8) is 0 Å². The highest BCUT2D eigenvalue weighted by Crippen LogP contribution is 2.41. The van der Waals surface area contributed by atoms with Crippen LogP contribution in [0.25, 0.3) is 0 Å².